The molecule has 92 valence electrons. The molecule has 6 heteroatoms. The van der Waals surface area contributed by atoms with Gasteiger partial charge < -0.3 is 10.1 Å². The molecule has 1 atom stereocenters. The van der Waals surface area contributed by atoms with E-state index in [9.17, 15) is 14.5 Å². The van der Waals surface area contributed by atoms with Crippen LogP contribution in [0.3, 0.4) is 0 Å². The Hall–Kier alpha value is -1.69. The summed E-state index contributed by atoms with van der Waals surface area (Å²) in [4.78, 5) is 10.0. The third kappa shape index (κ3) is 2.52. The number of hydrogen-bond acceptors (Lipinski definition) is 4. The van der Waals surface area contributed by atoms with Crippen molar-refractivity contribution in [2.45, 2.75) is 19.4 Å². The largest absolute Gasteiger partial charge is 0.486 e. The lowest BCUT2D eigenvalue weighted by Gasteiger charge is -2.13. The average Bonchev–Trinajstić information content (AvgIpc) is 2.75. The van der Waals surface area contributed by atoms with Gasteiger partial charge in [-0.25, -0.2) is 4.39 Å². The van der Waals surface area contributed by atoms with Crippen molar-refractivity contribution in [3.63, 3.8) is 0 Å². The van der Waals surface area contributed by atoms with Crippen molar-refractivity contribution >= 4 is 5.69 Å². The summed E-state index contributed by atoms with van der Waals surface area (Å²) in [6, 6.07) is 2.29. The highest BCUT2D eigenvalue weighted by Gasteiger charge is 2.21. The Morgan fingerprint density at radius 1 is 1.59 bits per heavy atom. The molecule has 0 saturated carbocycles. The molecule has 0 spiro atoms. The highest BCUT2D eigenvalue weighted by atomic mass is 19.1. The van der Waals surface area contributed by atoms with Gasteiger partial charge in [0.05, 0.1) is 11.0 Å². The van der Waals surface area contributed by atoms with Crippen LogP contribution in [0.4, 0.5) is 10.1 Å². The van der Waals surface area contributed by atoms with Gasteiger partial charge in [-0.2, -0.15) is 0 Å². The second-order valence-corrected chi connectivity index (χ2v) is 4.06. The van der Waals surface area contributed by atoms with Crippen molar-refractivity contribution < 1.29 is 14.1 Å². The molecule has 1 heterocycles. The first kappa shape index (κ1) is 11.8. The van der Waals surface area contributed by atoms with Crippen LogP contribution in [0.2, 0.25) is 0 Å². The van der Waals surface area contributed by atoms with Crippen molar-refractivity contribution in [3.05, 3.63) is 33.6 Å². The molecule has 1 aromatic rings. The minimum Gasteiger partial charge on any atom is -0.486 e. The van der Waals surface area contributed by atoms with Gasteiger partial charge >= 0.3 is 0 Å². The molecular formula is C11H13FN2O3. The van der Waals surface area contributed by atoms with E-state index in [1.54, 1.807) is 6.92 Å². The standard InChI is InChI=1S/C11H13FN2O3/c1-7-4-11(17-8-2-3-13-6-8)9(12)5-10(7)14(15)16/h4-5,8,13H,2-3,6H2,1H3/t8-/m0/s1. The van der Waals surface area contributed by atoms with Gasteiger partial charge in [-0.3, -0.25) is 10.1 Å². The maximum atomic E-state index is 13.6. The van der Waals surface area contributed by atoms with Crippen LogP contribution < -0.4 is 10.1 Å². The molecular weight excluding hydrogens is 227 g/mol. The number of nitrogens with one attached hydrogen (secondary N) is 1. The summed E-state index contributed by atoms with van der Waals surface area (Å²) >= 11 is 0. The lowest BCUT2D eigenvalue weighted by atomic mass is 10.2. The van der Waals surface area contributed by atoms with Crippen LogP contribution in [0.5, 0.6) is 5.75 Å². The second kappa shape index (κ2) is 4.67. The van der Waals surface area contributed by atoms with Crippen molar-refractivity contribution in [3.8, 4) is 5.75 Å². The van der Waals surface area contributed by atoms with Crippen LogP contribution in [0.25, 0.3) is 0 Å². The van der Waals surface area contributed by atoms with Crippen LogP contribution in [-0.4, -0.2) is 24.1 Å². The van der Waals surface area contributed by atoms with E-state index >= 15 is 0 Å². The topological polar surface area (TPSA) is 64.4 Å². The summed E-state index contributed by atoms with van der Waals surface area (Å²) in [6.07, 6.45) is 0.750. The minimum absolute atomic E-state index is 0.0645. The van der Waals surface area contributed by atoms with E-state index in [-0.39, 0.29) is 17.5 Å². The first-order valence-electron chi connectivity index (χ1n) is 5.40. The Bertz CT molecular complexity index is 445. The Kier molecular flexibility index (Phi) is 3.23. The Morgan fingerprint density at radius 3 is 2.94 bits per heavy atom. The second-order valence-electron chi connectivity index (χ2n) is 4.06. The molecule has 0 radical (unpaired) electrons. The maximum absolute atomic E-state index is 13.6. The number of nitro benzene ring substituents is 1. The van der Waals surface area contributed by atoms with Crippen LogP contribution in [-0.2, 0) is 0 Å². The molecule has 1 fully saturated rings. The van der Waals surface area contributed by atoms with E-state index in [4.69, 9.17) is 4.74 Å². The predicted octanol–water partition coefficient (Wildman–Crippen LogP) is 1.78. The SMILES string of the molecule is Cc1cc(O[C@H]2CCNC2)c(F)cc1[N+](=O)[O-]. The monoisotopic (exact) mass is 240 g/mol. The van der Waals surface area contributed by atoms with E-state index in [2.05, 4.69) is 5.32 Å². The summed E-state index contributed by atoms with van der Waals surface area (Å²) in [7, 11) is 0. The summed E-state index contributed by atoms with van der Waals surface area (Å²) in [6.45, 7) is 3.09. The quantitative estimate of drug-likeness (QED) is 0.646. The van der Waals surface area contributed by atoms with Gasteiger partial charge in [0, 0.05) is 12.1 Å². The number of halogens is 1. The Balaban J connectivity index is 2.23. The average molecular weight is 240 g/mol. The van der Waals surface area contributed by atoms with Crippen LogP contribution in [0, 0.1) is 22.9 Å². The molecule has 0 amide bonds. The fourth-order valence-corrected chi connectivity index (χ4v) is 1.84. The summed E-state index contributed by atoms with van der Waals surface area (Å²) < 4.78 is 19.1. The molecule has 1 aromatic carbocycles. The third-order valence-electron chi connectivity index (χ3n) is 2.76. The van der Waals surface area contributed by atoms with Crippen molar-refractivity contribution in [1.82, 2.24) is 5.32 Å². The van der Waals surface area contributed by atoms with Gasteiger partial charge in [0.15, 0.2) is 11.6 Å². The van der Waals surface area contributed by atoms with Crippen LogP contribution >= 0.6 is 0 Å². The third-order valence-corrected chi connectivity index (χ3v) is 2.76. The van der Waals surface area contributed by atoms with Gasteiger partial charge in [0.25, 0.3) is 5.69 Å². The number of hydrogen-bond donors (Lipinski definition) is 1. The molecule has 0 aromatic heterocycles. The van der Waals surface area contributed by atoms with E-state index in [0.717, 1.165) is 19.0 Å². The zero-order valence-corrected chi connectivity index (χ0v) is 9.40. The normalized spacial score (nSPS) is 19.3. The minimum atomic E-state index is -0.686. The Labute approximate surface area is 97.7 Å². The molecule has 1 aliphatic heterocycles. The molecule has 0 bridgehead atoms. The van der Waals surface area contributed by atoms with Gasteiger partial charge in [-0.1, -0.05) is 0 Å². The van der Waals surface area contributed by atoms with Crippen LogP contribution in [0.1, 0.15) is 12.0 Å². The molecule has 1 N–H and O–H groups in total. The van der Waals surface area contributed by atoms with E-state index in [1.165, 1.54) is 6.07 Å². The van der Waals surface area contributed by atoms with Gasteiger partial charge in [0.2, 0.25) is 0 Å². The highest BCUT2D eigenvalue weighted by Crippen LogP contribution is 2.28. The zero-order chi connectivity index (χ0) is 12.4. The van der Waals surface area contributed by atoms with E-state index in [0.29, 0.717) is 12.1 Å². The molecule has 0 unspecified atom stereocenters. The fourth-order valence-electron chi connectivity index (χ4n) is 1.84. The number of nitrogens with zero attached hydrogens (tertiary/aromatic N) is 1. The first-order valence-corrected chi connectivity index (χ1v) is 5.40. The Morgan fingerprint density at radius 2 is 2.35 bits per heavy atom. The maximum Gasteiger partial charge on any atom is 0.275 e. The zero-order valence-electron chi connectivity index (χ0n) is 9.40. The molecule has 5 nitrogen and oxygen atoms in total. The predicted molar refractivity (Wildman–Crippen MR) is 59.7 cm³/mol. The lowest BCUT2D eigenvalue weighted by Crippen LogP contribution is -2.20. The summed E-state index contributed by atoms with van der Waals surface area (Å²) in [5.74, 6) is -0.601. The van der Waals surface area contributed by atoms with Crippen molar-refractivity contribution in [2.75, 3.05) is 13.1 Å². The number of benzene rings is 1. The first-order chi connectivity index (χ1) is 8.08. The van der Waals surface area contributed by atoms with E-state index in [1.807, 2.05) is 0 Å². The van der Waals surface area contributed by atoms with Crippen molar-refractivity contribution in [1.29, 1.82) is 0 Å². The summed E-state index contributed by atoms with van der Waals surface area (Å²) in [5, 5.41) is 13.7. The van der Waals surface area contributed by atoms with Crippen molar-refractivity contribution in [2.24, 2.45) is 0 Å². The fraction of sp³-hybridized carbons (Fsp3) is 0.455. The smallest absolute Gasteiger partial charge is 0.275 e. The molecule has 0 aliphatic carbocycles. The summed E-state index contributed by atoms with van der Waals surface area (Å²) in [5.41, 5.74) is 0.178. The molecule has 1 saturated heterocycles. The number of nitro groups is 1. The van der Waals surface area contributed by atoms with Gasteiger partial charge in [0.1, 0.15) is 6.10 Å². The van der Waals surface area contributed by atoms with Gasteiger partial charge in [-0.05, 0) is 26.0 Å². The number of ether oxygens (including phenoxy) is 1. The molecule has 1 aliphatic rings. The highest BCUT2D eigenvalue weighted by molar-refractivity contribution is 5.45. The number of rotatable bonds is 3. The molecule has 17 heavy (non-hydrogen) atoms. The number of aryl methyl sites for hydroxylation is 1. The van der Waals surface area contributed by atoms with Gasteiger partial charge in [-0.15, -0.1) is 0 Å². The molecule has 2 rings (SSSR count). The van der Waals surface area contributed by atoms with E-state index < -0.39 is 10.7 Å². The lowest BCUT2D eigenvalue weighted by molar-refractivity contribution is -0.385. The van der Waals surface area contributed by atoms with Crippen LogP contribution in [0.15, 0.2) is 12.1 Å².